The van der Waals surface area contributed by atoms with E-state index >= 15 is 0 Å². The van der Waals surface area contributed by atoms with Gasteiger partial charge in [0.2, 0.25) is 0 Å². The number of ether oxygens (including phenoxy) is 2. The third-order valence-electron chi connectivity index (χ3n) is 5.81. The molecule has 2 aromatic carbocycles. The lowest BCUT2D eigenvalue weighted by Crippen LogP contribution is -2.31. The van der Waals surface area contributed by atoms with Gasteiger partial charge in [-0.2, -0.15) is 5.10 Å². The Hall–Kier alpha value is -3.81. The fourth-order valence-electron chi connectivity index (χ4n) is 4.15. The Morgan fingerprint density at radius 1 is 1.09 bits per heavy atom. The zero-order valence-electron chi connectivity index (χ0n) is 20.6. The van der Waals surface area contributed by atoms with Gasteiger partial charge in [0.1, 0.15) is 23.4 Å². The number of carbonyl (C=O) groups excluding carboxylic acids is 1. The highest BCUT2D eigenvalue weighted by Gasteiger charge is 2.24. The minimum absolute atomic E-state index is 0.137. The van der Waals surface area contributed by atoms with Crippen molar-refractivity contribution in [1.29, 1.82) is 0 Å². The number of rotatable bonds is 8. The van der Waals surface area contributed by atoms with Crippen LogP contribution in [0.4, 0.5) is 0 Å². The SMILES string of the molecule is CCn1cc(-c2ccc3c(c2)ncn3-c2cc(OC)c(C(=O)N(C)CC(C)C)c(OC)c2)cn1. The van der Waals surface area contributed by atoms with E-state index in [0.717, 1.165) is 34.4 Å². The first-order chi connectivity index (χ1) is 16.4. The van der Waals surface area contributed by atoms with Crippen LogP contribution in [-0.2, 0) is 6.54 Å². The summed E-state index contributed by atoms with van der Waals surface area (Å²) in [5, 5.41) is 4.36. The van der Waals surface area contributed by atoms with Crippen LogP contribution in [0.1, 0.15) is 31.1 Å². The van der Waals surface area contributed by atoms with Crippen molar-refractivity contribution >= 4 is 16.9 Å². The van der Waals surface area contributed by atoms with Crippen LogP contribution in [0.3, 0.4) is 0 Å². The molecule has 0 saturated heterocycles. The smallest absolute Gasteiger partial charge is 0.261 e. The maximum absolute atomic E-state index is 13.2. The number of aryl methyl sites for hydroxylation is 1. The van der Waals surface area contributed by atoms with Gasteiger partial charge in [-0.25, -0.2) is 4.98 Å². The first-order valence-corrected chi connectivity index (χ1v) is 11.4. The standard InChI is InChI=1S/C26H31N5O3/c1-7-30-15-19(13-28-30)18-8-9-22-21(10-18)27-16-31(22)20-11-23(33-5)25(24(12-20)34-6)26(32)29(4)14-17(2)3/h8-13,15-17H,7,14H2,1-6H3. The van der Waals surface area contributed by atoms with Crippen LogP contribution in [0, 0.1) is 5.92 Å². The molecule has 0 atom stereocenters. The molecule has 0 N–H and O–H groups in total. The van der Waals surface area contributed by atoms with Crippen molar-refractivity contribution in [2.75, 3.05) is 27.8 Å². The predicted molar refractivity (Wildman–Crippen MR) is 133 cm³/mol. The minimum Gasteiger partial charge on any atom is -0.496 e. The third-order valence-corrected chi connectivity index (χ3v) is 5.81. The molecule has 0 radical (unpaired) electrons. The Bertz CT molecular complexity index is 1300. The second-order valence-corrected chi connectivity index (χ2v) is 8.71. The molecule has 0 aliphatic rings. The molecular weight excluding hydrogens is 430 g/mol. The van der Waals surface area contributed by atoms with Crippen molar-refractivity contribution < 1.29 is 14.3 Å². The Morgan fingerprint density at radius 2 is 1.79 bits per heavy atom. The van der Waals surface area contributed by atoms with Gasteiger partial charge in [0, 0.05) is 44.0 Å². The molecule has 4 aromatic rings. The van der Waals surface area contributed by atoms with Gasteiger partial charge >= 0.3 is 0 Å². The van der Waals surface area contributed by atoms with Crippen molar-refractivity contribution in [2.24, 2.45) is 5.92 Å². The lowest BCUT2D eigenvalue weighted by molar-refractivity contribution is 0.0772. The lowest BCUT2D eigenvalue weighted by Gasteiger charge is -2.22. The van der Waals surface area contributed by atoms with Gasteiger partial charge in [-0.15, -0.1) is 0 Å². The van der Waals surface area contributed by atoms with Crippen LogP contribution in [-0.4, -0.2) is 58.0 Å². The van der Waals surface area contributed by atoms with E-state index in [2.05, 4.69) is 43.0 Å². The van der Waals surface area contributed by atoms with Crippen LogP contribution in [0.5, 0.6) is 11.5 Å². The van der Waals surface area contributed by atoms with E-state index in [0.29, 0.717) is 29.5 Å². The van der Waals surface area contributed by atoms with E-state index in [4.69, 9.17) is 9.47 Å². The van der Waals surface area contributed by atoms with Crippen LogP contribution in [0.2, 0.25) is 0 Å². The highest BCUT2D eigenvalue weighted by Crippen LogP contribution is 2.35. The number of imidazole rings is 1. The molecule has 0 aliphatic heterocycles. The number of methoxy groups -OCH3 is 2. The van der Waals surface area contributed by atoms with Crippen LogP contribution in [0.15, 0.2) is 49.1 Å². The highest BCUT2D eigenvalue weighted by atomic mass is 16.5. The molecule has 34 heavy (non-hydrogen) atoms. The zero-order chi connectivity index (χ0) is 24.4. The van der Waals surface area contributed by atoms with Gasteiger partial charge in [-0.1, -0.05) is 19.9 Å². The maximum atomic E-state index is 13.2. The number of hydrogen-bond acceptors (Lipinski definition) is 5. The Kier molecular flexibility index (Phi) is 6.58. The van der Waals surface area contributed by atoms with Crippen molar-refractivity contribution in [3.63, 3.8) is 0 Å². The van der Waals surface area contributed by atoms with E-state index in [9.17, 15) is 4.79 Å². The van der Waals surface area contributed by atoms with E-state index < -0.39 is 0 Å². The molecule has 0 aliphatic carbocycles. The van der Waals surface area contributed by atoms with Gasteiger partial charge in [-0.05, 0) is 30.5 Å². The number of carbonyl (C=O) groups is 1. The van der Waals surface area contributed by atoms with E-state index in [1.54, 1.807) is 32.5 Å². The third kappa shape index (κ3) is 4.35. The molecule has 178 valence electrons. The van der Waals surface area contributed by atoms with E-state index in [1.807, 2.05) is 39.8 Å². The molecule has 8 nitrogen and oxygen atoms in total. The Balaban J connectivity index is 1.75. The second-order valence-electron chi connectivity index (χ2n) is 8.71. The summed E-state index contributed by atoms with van der Waals surface area (Å²) in [5.41, 5.74) is 5.11. The van der Waals surface area contributed by atoms with Gasteiger partial charge in [0.15, 0.2) is 0 Å². The van der Waals surface area contributed by atoms with Crippen molar-refractivity contribution in [3.05, 3.63) is 54.6 Å². The molecule has 2 heterocycles. The fraction of sp³-hybridized carbons (Fsp3) is 0.346. The summed E-state index contributed by atoms with van der Waals surface area (Å²) < 4.78 is 15.1. The normalized spacial score (nSPS) is 11.3. The molecule has 2 aromatic heterocycles. The molecule has 0 spiro atoms. The maximum Gasteiger partial charge on any atom is 0.261 e. The first kappa shape index (κ1) is 23.4. The summed E-state index contributed by atoms with van der Waals surface area (Å²) in [6.07, 6.45) is 5.66. The molecule has 0 unspecified atom stereocenters. The Labute approximate surface area is 199 Å². The number of hydrogen-bond donors (Lipinski definition) is 0. The summed E-state index contributed by atoms with van der Waals surface area (Å²) in [4.78, 5) is 19.5. The quantitative estimate of drug-likeness (QED) is 0.382. The average molecular weight is 462 g/mol. The molecule has 8 heteroatoms. The van der Waals surface area contributed by atoms with Crippen molar-refractivity contribution in [3.8, 4) is 28.3 Å². The summed E-state index contributed by atoms with van der Waals surface area (Å²) in [6.45, 7) is 7.68. The molecule has 0 fully saturated rings. The number of benzene rings is 2. The zero-order valence-corrected chi connectivity index (χ0v) is 20.6. The van der Waals surface area contributed by atoms with Crippen LogP contribution in [0.25, 0.3) is 27.8 Å². The van der Waals surface area contributed by atoms with Crippen LogP contribution < -0.4 is 9.47 Å². The largest absolute Gasteiger partial charge is 0.496 e. The average Bonchev–Trinajstić information content (AvgIpc) is 3.49. The highest BCUT2D eigenvalue weighted by molar-refractivity contribution is 6.00. The molecule has 4 rings (SSSR count). The number of nitrogens with zero attached hydrogens (tertiary/aromatic N) is 5. The summed E-state index contributed by atoms with van der Waals surface area (Å²) in [5.74, 6) is 1.13. The van der Waals surface area contributed by atoms with Gasteiger partial charge in [0.25, 0.3) is 5.91 Å². The minimum atomic E-state index is -0.137. The fourth-order valence-corrected chi connectivity index (χ4v) is 4.15. The van der Waals surface area contributed by atoms with Gasteiger partial charge < -0.3 is 14.4 Å². The number of fused-ring (bicyclic) bond motifs is 1. The monoisotopic (exact) mass is 461 g/mol. The van der Waals surface area contributed by atoms with Crippen molar-refractivity contribution in [1.82, 2.24) is 24.2 Å². The van der Waals surface area contributed by atoms with Gasteiger partial charge in [0.05, 0.1) is 37.1 Å². The summed E-state index contributed by atoms with van der Waals surface area (Å²) in [6, 6.07) is 9.84. The van der Waals surface area contributed by atoms with Crippen LogP contribution >= 0.6 is 0 Å². The topological polar surface area (TPSA) is 74.4 Å². The van der Waals surface area contributed by atoms with E-state index in [1.165, 1.54) is 0 Å². The molecule has 0 bridgehead atoms. The van der Waals surface area contributed by atoms with Crippen molar-refractivity contribution in [2.45, 2.75) is 27.3 Å². The number of amides is 1. The lowest BCUT2D eigenvalue weighted by atomic mass is 10.1. The Morgan fingerprint density at radius 3 is 2.38 bits per heavy atom. The molecule has 1 amide bonds. The predicted octanol–water partition coefficient (Wildman–Crippen LogP) is 4.65. The first-order valence-electron chi connectivity index (χ1n) is 11.4. The summed E-state index contributed by atoms with van der Waals surface area (Å²) >= 11 is 0. The molecular formula is C26H31N5O3. The molecule has 0 saturated carbocycles. The number of aromatic nitrogens is 4. The van der Waals surface area contributed by atoms with Gasteiger partial charge in [-0.3, -0.25) is 14.0 Å². The van der Waals surface area contributed by atoms with E-state index in [-0.39, 0.29) is 5.91 Å². The summed E-state index contributed by atoms with van der Waals surface area (Å²) in [7, 11) is 4.92. The second kappa shape index (κ2) is 9.59.